The molecule has 0 amide bonds. The molecule has 108 valence electrons. The molecule has 2 heterocycles. The molecular weight excluding hydrogens is 383 g/mol. The summed E-state index contributed by atoms with van der Waals surface area (Å²) in [5.41, 5.74) is 2.06. The van der Waals surface area contributed by atoms with Crippen LogP contribution < -0.4 is 4.72 Å². The van der Waals surface area contributed by atoms with Gasteiger partial charge in [0.25, 0.3) is 0 Å². The van der Waals surface area contributed by atoms with E-state index in [2.05, 4.69) is 17.6 Å². The van der Waals surface area contributed by atoms with E-state index in [0.717, 1.165) is 11.3 Å². The molecule has 8 nitrogen and oxygen atoms in total. The second-order valence-corrected chi connectivity index (χ2v) is 7.68. The Balaban J connectivity index is 2.02. The summed E-state index contributed by atoms with van der Waals surface area (Å²) in [6.45, 7) is 0. The Kier molecular flexibility index (Phi) is 3.49. The van der Waals surface area contributed by atoms with Crippen LogP contribution in [0.25, 0.3) is 0 Å². The summed E-state index contributed by atoms with van der Waals surface area (Å²) in [6.07, 6.45) is 0. The van der Waals surface area contributed by atoms with E-state index < -0.39 is 21.7 Å². The number of nitrogens with zero attached hydrogens (tertiary/aromatic N) is 3. The molecule has 0 atom stereocenters. The van der Waals surface area contributed by atoms with Gasteiger partial charge in [0.15, 0.2) is 0 Å². The molecule has 2 N–H and O–H groups in total. The predicted molar refractivity (Wildman–Crippen MR) is 76.3 cm³/mol. The number of aromatic nitrogens is 1. The Morgan fingerprint density at radius 3 is 2.90 bits per heavy atom. The van der Waals surface area contributed by atoms with Gasteiger partial charge >= 0.3 is 129 Å². The van der Waals surface area contributed by atoms with Gasteiger partial charge in [0.05, 0.1) is 0 Å². The van der Waals surface area contributed by atoms with E-state index in [1.807, 2.05) is 0 Å². The van der Waals surface area contributed by atoms with E-state index in [0.29, 0.717) is 11.4 Å². The molecule has 0 saturated heterocycles. The normalized spacial score (nSPS) is 12.8. The number of sulfonamides is 1. The fourth-order valence-corrected chi connectivity index (χ4v) is 5.01. The second kappa shape index (κ2) is 5.19. The summed E-state index contributed by atoms with van der Waals surface area (Å²) in [5, 5.41) is 8.96. The molecule has 1 aromatic heterocycles. The average molecular weight is 389 g/mol. The summed E-state index contributed by atoms with van der Waals surface area (Å²) in [6, 6.07) is 4.95. The zero-order chi connectivity index (χ0) is 15.0. The van der Waals surface area contributed by atoms with Gasteiger partial charge in [-0.05, 0) is 0 Å². The number of thiazole rings is 1. The first-order valence-corrected chi connectivity index (χ1v) is 9.29. The standard InChI is InChI=1S/C10H6N4O4S2Se/c15-9(16)8-10(19-4-11-8)20(17,18)12-5-2-1-3-6-7(5)14-21-13-6/h1-4,12H,(H,15,16). The molecule has 2 aromatic rings. The molecule has 1 aliphatic rings. The Morgan fingerprint density at radius 2 is 2.14 bits per heavy atom. The van der Waals surface area contributed by atoms with Crippen molar-refractivity contribution in [1.82, 2.24) is 4.98 Å². The van der Waals surface area contributed by atoms with Crippen LogP contribution in [0, 0.1) is 0 Å². The molecule has 0 unspecified atom stereocenters. The SMILES string of the molecule is O=C(O)c1ncsc1S(=O)(=O)Nc1cccc2c1N=[Se]=N2. The first kappa shape index (κ1) is 14.1. The van der Waals surface area contributed by atoms with Crippen molar-refractivity contribution in [2.75, 3.05) is 4.72 Å². The van der Waals surface area contributed by atoms with Crippen molar-refractivity contribution in [2.45, 2.75) is 4.21 Å². The van der Waals surface area contributed by atoms with Crippen LogP contribution in [0.5, 0.6) is 0 Å². The number of carboxylic acids is 1. The van der Waals surface area contributed by atoms with Crippen LogP contribution >= 0.6 is 11.3 Å². The number of fused-ring (bicyclic) bond motifs is 1. The summed E-state index contributed by atoms with van der Waals surface area (Å²) in [5.74, 6) is -1.39. The maximum atomic E-state index is 12.3. The van der Waals surface area contributed by atoms with Crippen molar-refractivity contribution in [1.29, 1.82) is 0 Å². The van der Waals surface area contributed by atoms with Crippen molar-refractivity contribution >= 4 is 59.0 Å². The van der Waals surface area contributed by atoms with Crippen LogP contribution in [-0.4, -0.2) is 39.0 Å². The zero-order valence-electron chi connectivity index (χ0n) is 10.0. The fourth-order valence-electron chi connectivity index (χ4n) is 1.65. The molecule has 1 aromatic carbocycles. The van der Waals surface area contributed by atoms with Crippen molar-refractivity contribution in [3.63, 3.8) is 0 Å². The van der Waals surface area contributed by atoms with Gasteiger partial charge in [-0.25, -0.2) is 0 Å². The first-order chi connectivity index (χ1) is 9.99. The predicted octanol–water partition coefficient (Wildman–Crippen LogP) is 1.99. The van der Waals surface area contributed by atoms with Gasteiger partial charge < -0.3 is 0 Å². The Bertz CT molecular complexity index is 915. The summed E-state index contributed by atoms with van der Waals surface area (Å²) in [4.78, 5) is 14.5. The van der Waals surface area contributed by atoms with Gasteiger partial charge in [-0.2, -0.15) is 0 Å². The molecule has 0 bridgehead atoms. The summed E-state index contributed by atoms with van der Waals surface area (Å²) >= 11 is 0.454. The zero-order valence-corrected chi connectivity index (χ0v) is 13.4. The number of rotatable bonds is 4. The molecule has 0 saturated carbocycles. The maximum absolute atomic E-state index is 12.3. The fraction of sp³-hybridized carbons (Fsp3) is 0. The number of aromatic carboxylic acids is 1. The number of benzene rings is 1. The molecule has 3 rings (SSSR count). The molecule has 0 spiro atoms. The quantitative estimate of drug-likeness (QED) is 0.661. The monoisotopic (exact) mass is 390 g/mol. The molecule has 0 fully saturated rings. The molecule has 1 aliphatic heterocycles. The van der Waals surface area contributed by atoms with Crippen LogP contribution in [0.4, 0.5) is 17.1 Å². The van der Waals surface area contributed by atoms with Crippen molar-refractivity contribution < 1.29 is 18.3 Å². The van der Waals surface area contributed by atoms with Gasteiger partial charge in [-0.3, -0.25) is 0 Å². The summed E-state index contributed by atoms with van der Waals surface area (Å²) < 4.78 is 35.0. The van der Waals surface area contributed by atoms with Crippen LogP contribution in [0.3, 0.4) is 0 Å². The number of hydrogen-bond donors (Lipinski definition) is 2. The molecule has 11 heteroatoms. The Labute approximate surface area is 128 Å². The average Bonchev–Trinajstić information content (AvgIpc) is 3.08. The van der Waals surface area contributed by atoms with E-state index in [4.69, 9.17) is 5.11 Å². The van der Waals surface area contributed by atoms with Crippen molar-refractivity contribution in [3.05, 3.63) is 29.4 Å². The number of hydrogen-bond acceptors (Lipinski definition) is 7. The van der Waals surface area contributed by atoms with E-state index in [9.17, 15) is 13.2 Å². The van der Waals surface area contributed by atoms with E-state index in [1.54, 1.807) is 18.2 Å². The minimum atomic E-state index is -4.04. The van der Waals surface area contributed by atoms with Gasteiger partial charge in [0.1, 0.15) is 0 Å². The van der Waals surface area contributed by atoms with Gasteiger partial charge in [0, 0.05) is 0 Å². The first-order valence-electron chi connectivity index (χ1n) is 5.40. The number of nitrogens with one attached hydrogen (secondary N) is 1. The van der Waals surface area contributed by atoms with E-state index >= 15 is 0 Å². The van der Waals surface area contributed by atoms with E-state index in [-0.39, 0.29) is 24.5 Å². The third-order valence-corrected chi connectivity index (χ3v) is 6.39. The summed E-state index contributed by atoms with van der Waals surface area (Å²) in [7, 11) is -4.04. The van der Waals surface area contributed by atoms with Crippen LogP contribution in [0.1, 0.15) is 10.5 Å². The second-order valence-electron chi connectivity index (χ2n) is 3.84. The topological polar surface area (TPSA) is 121 Å². The van der Waals surface area contributed by atoms with Gasteiger partial charge in [0.2, 0.25) is 0 Å². The van der Waals surface area contributed by atoms with Crippen LogP contribution in [0.2, 0.25) is 0 Å². The third-order valence-electron chi connectivity index (χ3n) is 2.51. The third kappa shape index (κ3) is 2.56. The Morgan fingerprint density at radius 1 is 1.33 bits per heavy atom. The number of carboxylic acid groups (broad SMARTS) is 1. The van der Waals surface area contributed by atoms with Crippen LogP contribution in [-0.2, 0) is 10.0 Å². The van der Waals surface area contributed by atoms with Crippen molar-refractivity contribution in [2.24, 2.45) is 7.92 Å². The molecule has 21 heavy (non-hydrogen) atoms. The van der Waals surface area contributed by atoms with Gasteiger partial charge in [-0.1, -0.05) is 0 Å². The molecule has 0 aliphatic carbocycles. The minimum absolute atomic E-state index is 0.278. The molecule has 0 radical (unpaired) electrons. The van der Waals surface area contributed by atoms with Crippen molar-refractivity contribution in [3.8, 4) is 0 Å². The molecular formula is C10H6N4O4S2Se. The van der Waals surface area contributed by atoms with Gasteiger partial charge in [-0.15, -0.1) is 0 Å². The van der Waals surface area contributed by atoms with E-state index in [1.165, 1.54) is 5.51 Å². The number of carbonyl (C=O) groups is 1. The Hall–Kier alpha value is -1.81. The van der Waals surface area contributed by atoms with Crippen LogP contribution in [0.15, 0.2) is 35.8 Å². The number of anilines is 1.